The molecule has 0 saturated carbocycles. The molecular formula is C14H23BrN2O3S. The van der Waals surface area contributed by atoms with Gasteiger partial charge in [0.2, 0.25) is 10.0 Å². The van der Waals surface area contributed by atoms with E-state index in [0.717, 1.165) is 5.56 Å². The molecule has 21 heavy (non-hydrogen) atoms. The molecule has 0 aliphatic rings. The first-order chi connectivity index (χ1) is 9.86. The van der Waals surface area contributed by atoms with Crippen LogP contribution in [0.4, 0.5) is 0 Å². The van der Waals surface area contributed by atoms with Gasteiger partial charge in [-0.25, -0.2) is 13.1 Å². The molecule has 0 aliphatic heterocycles. The lowest BCUT2D eigenvalue weighted by atomic mass is 10.2. The molecule has 120 valence electrons. The molecular weight excluding hydrogens is 356 g/mol. The Kier molecular flexibility index (Phi) is 7.83. The maximum absolute atomic E-state index is 12.3. The first-order valence-electron chi connectivity index (χ1n) is 6.87. The highest BCUT2D eigenvalue weighted by molar-refractivity contribution is 9.10. The molecule has 0 heterocycles. The summed E-state index contributed by atoms with van der Waals surface area (Å²) in [6.07, 6.45) is 0. The highest BCUT2D eigenvalue weighted by atomic mass is 79.9. The number of sulfonamides is 1. The zero-order chi connectivity index (χ0) is 15.9. The first-order valence-corrected chi connectivity index (χ1v) is 9.15. The molecule has 0 aromatic heterocycles. The molecule has 1 aromatic carbocycles. The number of halogens is 1. The number of nitrogens with one attached hydrogen (secondary N) is 2. The minimum atomic E-state index is -3.54. The molecule has 0 unspecified atom stereocenters. The summed E-state index contributed by atoms with van der Waals surface area (Å²) in [5.41, 5.74) is 0.914. The highest BCUT2D eigenvalue weighted by Gasteiger charge is 2.17. The van der Waals surface area contributed by atoms with E-state index >= 15 is 0 Å². The monoisotopic (exact) mass is 378 g/mol. The molecule has 0 amide bonds. The number of hydrogen-bond donors (Lipinski definition) is 2. The standard InChI is InChI=1S/C14H23BrN2O3S/c1-11(2)10-20-7-6-17-21(18,19)14-8-12(9-16-3)4-5-13(14)15/h4-5,8,11,16-17H,6-7,9-10H2,1-3H3. The van der Waals surface area contributed by atoms with E-state index in [4.69, 9.17) is 4.74 Å². The molecule has 0 fully saturated rings. The third-order valence-corrected chi connectivity index (χ3v) is 5.11. The average molecular weight is 379 g/mol. The Morgan fingerprint density at radius 1 is 1.33 bits per heavy atom. The molecule has 7 heteroatoms. The van der Waals surface area contributed by atoms with Gasteiger partial charge in [-0.05, 0) is 46.6 Å². The van der Waals surface area contributed by atoms with Crippen LogP contribution in [0.15, 0.2) is 27.6 Å². The summed E-state index contributed by atoms with van der Waals surface area (Å²) in [5.74, 6) is 0.439. The minimum Gasteiger partial charge on any atom is -0.380 e. The third kappa shape index (κ3) is 6.44. The molecule has 0 saturated heterocycles. The van der Waals surface area contributed by atoms with Crippen molar-refractivity contribution in [2.75, 3.05) is 26.8 Å². The van der Waals surface area contributed by atoms with Gasteiger partial charge in [0, 0.05) is 24.2 Å². The molecule has 5 nitrogen and oxygen atoms in total. The van der Waals surface area contributed by atoms with Crippen molar-refractivity contribution in [3.63, 3.8) is 0 Å². The van der Waals surface area contributed by atoms with Crippen LogP contribution in [-0.2, 0) is 21.3 Å². The highest BCUT2D eigenvalue weighted by Crippen LogP contribution is 2.23. The number of rotatable bonds is 9. The second-order valence-corrected chi connectivity index (χ2v) is 7.75. The summed E-state index contributed by atoms with van der Waals surface area (Å²) in [6, 6.07) is 5.29. The van der Waals surface area contributed by atoms with Crippen LogP contribution in [-0.4, -0.2) is 35.2 Å². The molecule has 0 bridgehead atoms. The lowest BCUT2D eigenvalue weighted by Crippen LogP contribution is -2.28. The Hall–Kier alpha value is -0.470. The van der Waals surface area contributed by atoms with Gasteiger partial charge in [0.05, 0.1) is 11.5 Å². The van der Waals surface area contributed by atoms with Gasteiger partial charge in [0.1, 0.15) is 0 Å². The van der Waals surface area contributed by atoms with Crippen molar-refractivity contribution in [2.24, 2.45) is 5.92 Å². The quantitative estimate of drug-likeness (QED) is 0.645. The second-order valence-electron chi connectivity index (χ2n) is 5.16. The SMILES string of the molecule is CNCc1ccc(Br)c(S(=O)(=O)NCCOCC(C)C)c1. The normalized spacial score (nSPS) is 12.0. The molecule has 0 aliphatic carbocycles. The van der Waals surface area contributed by atoms with Crippen molar-refractivity contribution in [1.82, 2.24) is 10.0 Å². The summed E-state index contributed by atoms with van der Waals surface area (Å²) in [7, 11) is -1.72. The fourth-order valence-electron chi connectivity index (χ4n) is 1.71. The maximum atomic E-state index is 12.3. The van der Waals surface area contributed by atoms with E-state index in [1.165, 1.54) is 0 Å². The fourth-order valence-corrected chi connectivity index (χ4v) is 3.74. The molecule has 0 radical (unpaired) electrons. The molecule has 0 spiro atoms. The summed E-state index contributed by atoms with van der Waals surface area (Å²) in [6.45, 7) is 5.97. The van der Waals surface area contributed by atoms with Crippen molar-refractivity contribution < 1.29 is 13.2 Å². The van der Waals surface area contributed by atoms with Gasteiger partial charge in [-0.2, -0.15) is 0 Å². The Bertz CT molecular complexity index is 547. The Morgan fingerprint density at radius 3 is 2.67 bits per heavy atom. The maximum Gasteiger partial charge on any atom is 0.241 e. The predicted octanol–water partition coefficient (Wildman–Crippen LogP) is 2.12. The summed E-state index contributed by atoms with van der Waals surface area (Å²) in [4.78, 5) is 0.249. The van der Waals surface area contributed by atoms with Crippen LogP contribution in [0.3, 0.4) is 0 Å². The van der Waals surface area contributed by atoms with E-state index in [0.29, 0.717) is 30.1 Å². The van der Waals surface area contributed by atoms with Crippen molar-refractivity contribution in [1.29, 1.82) is 0 Å². The number of hydrogen-bond acceptors (Lipinski definition) is 4. The average Bonchev–Trinajstić information content (AvgIpc) is 2.40. The molecule has 2 N–H and O–H groups in total. The molecule has 1 rings (SSSR count). The minimum absolute atomic E-state index is 0.249. The fraction of sp³-hybridized carbons (Fsp3) is 0.571. The van der Waals surface area contributed by atoms with Crippen LogP contribution in [0.1, 0.15) is 19.4 Å². The zero-order valence-corrected chi connectivity index (χ0v) is 15.1. The van der Waals surface area contributed by atoms with Crippen LogP contribution in [0.2, 0.25) is 0 Å². The second kappa shape index (κ2) is 8.85. The molecule has 0 atom stereocenters. The van der Waals surface area contributed by atoms with E-state index in [1.54, 1.807) is 12.1 Å². The van der Waals surface area contributed by atoms with Gasteiger partial charge in [0.15, 0.2) is 0 Å². The van der Waals surface area contributed by atoms with Crippen LogP contribution in [0.5, 0.6) is 0 Å². The topological polar surface area (TPSA) is 67.4 Å². The van der Waals surface area contributed by atoms with Gasteiger partial charge < -0.3 is 10.1 Å². The smallest absolute Gasteiger partial charge is 0.241 e. The largest absolute Gasteiger partial charge is 0.380 e. The summed E-state index contributed by atoms with van der Waals surface area (Å²) >= 11 is 3.29. The molecule has 1 aromatic rings. The number of benzene rings is 1. The van der Waals surface area contributed by atoms with E-state index in [2.05, 4.69) is 39.8 Å². The zero-order valence-electron chi connectivity index (χ0n) is 12.6. The lowest BCUT2D eigenvalue weighted by molar-refractivity contribution is 0.114. The Morgan fingerprint density at radius 2 is 2.05 bits per heavy atom. The number of ether oxygens (including phenoxy) is 1. The Balaban J connectivity index is 2.67. The van der Waals surface area contributed by atoms with Gasteiger partial charge in [-0.15, -0.1) is 0 Å². The van der Waals surface area contributed by atoms with E-state index in [-0.39, 0.29) is 11.4 Å². The van der Waals surface area contributed by atoms with Crippen LogP contribution in [0.25, 0.3) is 0 Å². The van der Waals surface area contributed by atoms with Gasteiger partial charge in [-0.1, -0.05) is 19.9 Å². The predicted molar refractivity (Wildman–Crippen MR) is 87.8 cm³/mol. The summed E-state index contributed by atoms with van der Waals surface area (Å²) in [5, 5.41) is 3.00. The Labute approximate surface area is 135 Å². The van der Waals surface area contributed by atoms with Crippen LogP contribution >= 0.6 is 15.9 Å². The van der Waals surface area contributed by atoms with Crippen molar-refractivity contribution in [2.45, 2.75) is 25.3 Å². The van der Waals surface area contributed by atoms with Crippen molar-refractivity contribution >= 4 is 26.0 Å². The van der Waals surface area contributed by atoms with Crippen molar-refractivity contribution in [3.8, 4) is 0 Å². The van der Waals surface area contributed by atoms with E-state index in [1.807, 2.05) is 13.1 Å². The van der Waals surface area contributed by atoms with Crippen LogP contribution < -0.4 is 10.0 Å². The van der Waals surface area contributed by atoms with Gasteiger partial charge in [0.25, 0.3) is 0 Å². The van der Waals surface area contributed by atoms with Crippen molar-refractivity contribution in [3.05, 3.63) is 28.2 Å². The lowest BCUT2D eigenvalue weighted by Gasteiger charge is -2.11. The van der Waals surface area contributed by atoms with Gasteiger partial charge >= 0.3 is 0 Å². The summed E-state index contributed by atoms with van der Waals surface area (Å²) < 4.78 is 33.1. The van der Waals surface area contributed by atoms with E-state index < -0.39 is 10.0 Å². The first kappa shape index (κ1) is 18.6. The van der Waals surface area contributed by atoms with Crippen LogP contribution in [0, 0.1) is 5.92 Å². The third-order valence-electron chi connectivity index (χ3n) is 2.66. The van der Waals surface area contributed by atoms with E-state index in [9.17, 15) is 8.42 Å². The van der Waals surface area contributed by atoms with Gasteiger partial charge in [-0.3, -0.25) is 0 Å².